The third-order valence-electron chi connectivity index (χ3n) is 6.70. The first-order valence-electron chi connectivity index (χ1n) is 13.5. The van der Waals surface area contributed by atoms with Crippen LogP contribution < -0.4 is 5.32 Å². The molecule has 0 saturated heterocycles. The summed E-state index contributed by atoms with van der Waals surface area (Å²) >= 11 is 0. The highest BCUT2D eigenvalue weighted by Crippen LogP contribution is 2.26. The molecule has 0 fully saturated rings. The fourth-order valence-corrected chi connectivity index (χ4v) is 4.63. The molecule has 0 bridgehead atoms. The Morgan fingerprint density at radius 3 is 2.23 bits per heavy atom. The Hall–Kier alpha value is -4.26. The van der Waals surface area contributed by atoms with E-state index in [9.17, 15) is 14.0 Å². The number of rotatable bonds is 12. The number of hydrogen-bond donors (Lipinski definition) is 1. The second-order valence-corrected chi connectivity index (χ2v) is 9.56. The Labute approximate surface area is 229 Å². The molecule has 0 aliphatic heterocycles. The Bertz CT molecular complexity index is 1350. The summed E-state index contributed by atoms with van der Waals surface area (Å²) in [6.07, 6.45) is 3.47. The normalized spacial score (nSPS) is 11.7. The molecular weight excluding hydrogens is 491 g/mol. The lowest BCUT2D eigenvalue weighted by molar-refractivity contribution is -0.136. The summed E-state index contributed by atoms with van der Waals surface area (Å²) in [6.45, 7) is 4.54. The minimum absolute atomic E-state index is 0.0491. The molecule has 3 aromatic carbocycles. The van der Waals surface area contributed by atoms with Crippen molar-refractivity contribution in [2.24, 2.45) is 0 Å². The van der Waals surface area contributed by atoms with E-state index in [1.807, 2.05) is 67.6 Å². The zero-order valence-electron chi connectivity index (χ0n) is 22.5. The van der Waals surface area contributed by atoms with Crippen molar-refractivity contribution >= 4 is 17.6 Å². The summed E-state index contributed by atoms with van der Waals surface area (Å²) in [6, 6.07) is 27.1. The molecule has 4 aromatic rings. The average molecular weight is 527 g/mol. The Morgan fingerprint density at radius 1 is 0.923 bits per heavy atom. The molecule has 0 aliphatic carbocycles. The molecule has 1 heterocycles. The molecule has 202 valence electrons. The fraction of sp³-hybridized carbons (Fsp3) is 0.281. The largest absolute Gasteiger partial charge is 0.333 e. The number of carbonyl (C=O) groups excluding carboxylic acids is 2. The molecule has 0 spiro atoms. The zero-order valence-corrected chi connectivity index (χ0v) is 22.5. The van der Waals surface area contributed by atoms with Crippen molar-refractivity contribution in [3.05, 3.63) is 102 Å². The molecule has 1 N–H and O–H groups in total. The molecule has 6 nitrogen and oxygen atoms in total. The molecule has 39 heavy (non-hydrogen) atoms. The summed E-state index contributed by atoms with van der Waals surface area (Å²) in [7, 11) is 0. The van der Waals surface area contributed by atoms with E-state index in [1.165, 1.54) is 12.1 Å². The average Bonchev–Trinajstić information content (AvgIpc) is 3.38. The van der Waals surface area contributed by atoms with Gasteiger partial charge >= 0.3 is 0 Å². The lowest BCUT2D eigenvalue weighted by Crippen LogP contribution is -2.41. The fourth-order valence-electron chi connectivity index (χ4n) is 4.63. The van der Waals surface area contributed by atoms with Crippen LogP contribution in [0.25, 0.3) is 16.9 Å². The number of nitrogens with one attached hydrogen (secondary N) is 1. The van der Waals surface area contributed by atoms with Crippen molar-refractivity contribution in [2.75, 3.05) is 18.4 Å². The Kier molecular flexibility index (Phi) is 9.62. The first-order valence-corrected chi connectivity index (χ1v) is 13.5. The van der Waals surface area contributed by atoms with Crippen molar-refractivity contribution in [1.29, 1.82) is 0 Å². The van der Waals surface area contributed by atoms with Crippen LogP contribution in [0.5, 0.6) is 0 Å². The maximum Gasteiger partial charge on any atom is 0.245 e. The van der Waals surface area contributed by atoms with E-state index < -0.39 is 0 Å². The lowest BCUT2D eigenvalue weighted by Gasteiger charge is -2.27. The van der Waals surface area contributed by atoms with Gasteiger partial charge in [-0.25, -0.2) is 9.07 Å². The maximum atomic E-state index is 13.7. The highest BCUT2D eigenvalue weighted by molar-refractivity contribution is 5.95. The standard InChI is InChI=1S/C32H35FN4O2/c1-3-5-12-21-36(32(39)28(4-2)24-13-8-6-9-14-24)23-31(38)34-30-22-29(25-15-10-7-11-16-25)35-37(30)27-19-17-26(33)18-20-27/h6-11,13-20,22,28H,3-5,12,21,23H2,1-2H3,(H,34,38)/t28-/m0/s1. The van der Waals surface area contributed by atoms with Crippen LogP contribution in [0.1, 0.15) is 51.0 Å². The monoisotopic (exact) mass is 526 g/mol. The van der Waals surface area contributed by atoms with Gasteiger partial charge in [0.2, 0.25) is 11.8 Å². The smallest absolute Gasteiger partial charge is 0.245 e. The first kappa shape index (κ1) is 27.8. The molecule has 0 radical (unpaired) electrons. The molecule has 0 unspecified atom stereocenters. The minimum atomic E-state index is -0.357. The maximum absolute atomic E-state index is 13.7. The van der Waals surface area contributed by atoms with E-state index >= 15 is 0 Å². The van der Waals surface area contributed by atoms with E-state index in [2.05, 4.69) is 17.3 Å². The van der Waals surface area contributed by atoms with E-state index in [0.29, 0.717) is 30.2 Å². The quantitative estimate of drug-likeness (QED) is 0.206. The summed E-state index contributed by atoms with van der Waals surface area (Å²) in [5, 5.41) is 7.65. The number of unbranched alkanes of at least 4 members (excludes halogenated alkanes) is 2. The number of aromatic nitrogens is 2. The second-order valence-electron chi connectivity index (χ2n) is 9.56. The van der Waals surface area contributed by atoms with Gasteiger partial charge in [-0.3, -0.25) is 9.59 Å². The third-order valence-corrected chi connectivity index (χ3v) is 6.70. The Balaban J connectivity index is 1.59. The van der Waals surface area contributed by atoms with E-state index in [4.69, 9.17) is 0 Å². The number of halogens is 1. The van der Waals surface area contributed by atoms with E-state index in [0.717, 1.165) is 30.4 Å². The topological polar surface area (TPSA) is 67.2 Å². The van der Waals surface area contributed by atoms with Crippen molar-refractivity contribution in [1.82, 2.24) is 14.7 Å². The van der Waals surface area contributed by atoms with Crippen LogP contribution in [0.2, 0.25) is 0 Å². The van der Waals surface area contributed by atoms with Gasteiger partial charge in [-0.1, -0.05) is 87.4 Å². The minimum Gasteiger partial charge on any atom is -0.333 e. The molecule has 7 heteroatoms. The molecule has 1 atom stereocenters. The molecule has 1 aromatic heterocycles. The predicted octanol–water partition coefficient (Wildman–Crippen LogP) is 6.83. The van der Waals surface area contributed by atoms with Crippen molar-refractivity contribution in [2.45, 2.75) is 45.4 Å². The first-order chi connectivity index (χ1) is 19.0. The zero-order chi connectivity index (χ0) is 27.6. The van der Waals surface area contributed by atoms with Gasteiger partial charge in [-0.2, -0.15) is 5.10 Å². The highest BCUT2D eigenvalue weighted by Gasteiger charge is 2.26. The second kappa shape index (κ2) is 13.5. The summed E-state index contributed by atoms with van der Waals surface area (Å²) in [4.78, 5) is 28.7. The molecule has 0 aliphatic rings. The van der Waals surface area contributed by atoms with Gasteiger partial charge in [0.05, 0.1) is 23.8 Å². The third kappa shape index (κ3) is 7.19. The highest BCUT2D eigenvalue weighted by atomic mass is 19.1. The predicted molar refractivity (Wildman–Crippen MR) is 153 cm³/mol. The van der Waals surface area contributed by atoms with Gasteiger partial charge in [0, 0.05) is 18.2 Å². The molecule has 2 amide bonds. The van der Waals surface area contributed by atoms with Crippen LogP contribution in [0.3, 0.4) is 0 Å². The number of carbonyl (C=O) groups is 2. The number of anilines is 1. The van der Waals surface area contributed by atoms with Crippen LogP contribution in [-0.4, -0.2) is 39.6 Å². The lowest BCUT2D eigenvalue weighted by atomic mass is 9.95. The van der Waals surface area contributed by atoms with Crippen LogP contribution in [0, 0.1) is 5.82 Å². The summed E-state index contributed by atoms with van der Waals surface area (Å²) in [5.74, 6) is -0.584. The van der Waals surface area contributed by atoms with Gasteiger partial charge in [0.25, 0.3) is 0 Å². The number of amides is 2. The SMILES string of the molecule is CCCCCN(CC(=O)Nc1cc(-c2ccccc2)nn1-c1ccc(F)cc1)C(=O)[C@@H](CC)c1ccccc1. The molecule has 0 saturated carbocycles. The number of benzene rings is 3. The number of nitrogens with zero attached hydrogens (tertiary/aromatic N) is 3. The van der Waals surface area contributed by atoms with Gasteiger partial charge < -0.3 is 10.2 Å². The van der Waals surface area contributed by atoms with E-state index in [-0.39, 0.29) is 30.1 Å². The van der Waals surface area contributed by atoms with Crippen molar-refractivity contribution in [3.63, 3.8) is 0 Å². The summed E-state index contributed by atoms with van der Waals surface area (Å²) in [5.41, 5.74) is 3.12. The van der Waals surface area contributed by atoms with Crippen LogP contribution in [-0.2, 0) is 9.59 Å². The van der Waals surface area contributed by atoms with E-state index in [1.54, 1.807) is 27.8 Å². The van der Waals surface area contributed by atoms with Crippen LogP contribution in [0.15, 0.2) is 91.0 Å². The van der Waals surface area contributed by atoms with Gasteiger partial charge in [0.1, 0.15) is 11.6 Å². The van der Waals surface area contributed by atoms with Gasteiger partial charge in [-0.05, 0) is 42.7 Å². The van der Waals surface area contributed by atoms with Gasteiger partial charge in [0.15, 0.2) is 0 Å². The molecular formula is C32H35FN4O2. The van der Waals surface area contributed by atoms with Crippen LogP contribution in [0.4, 0.5) is 10.2 Å². The number of hydrogen-bond acceptors (Lipinski definition) is 3. The van der Waals surface area contributed by atoms with Crippen molar-refractivity contribution < 1.29 is 14.0 Å². The molecule has 4 rings (SSSR count). The van der Waals surface area contributed by atoms with Gasteiger partial charge in [-0.15, -0.1) is 0 Å². The van der Waals surface area contributed by atoms with Crippen LogP contribution >= 0.6 is 0 Å². The van der Waals surface area contributed by atoms with Crippen molar-refractivity contribution in [3.8, 4) is 16.9 Å². The summed E-state index contributed by atoms with van der Waals surface area (Å²) < 4.78 is 15.2. The Morgan fingerprint density at radius 2 is 1.59 bits per heavy atom.